The van der Waals surface area contributed by atoms with Crippen LogP contribution < -0.4 is 49.1 Å². The number of fused-ring (bicyclic) bond motifs is 3. The number of likely N-dealkylation sites (N-methyl/N-ethyl adjacent to an activating group) is 3. The van der Waals surface area contributed by atoms with Crippen LogP contribution in [0.25, 0.3) is 32.7 Å². The largest absolute Gasteiger partial charge is 0.361 e. The molecule has 3 heterocycles. The smallest absolute Gasteiger partial charge is 0.312 e. The minimum atomic E-state index is -0.584. The summed E-state index contributed by atoms with van der Waals surface area (Å²) in [4.78, 5) is 116. The number of hydrogen-bond donors (Lipinski definition) is 12. The van der Waals surface area contributed by atoms with Gasteiger partial charge in [-0.1, -0.05) is 54.6 Å². The van der Waals surface area contributed by atoms with Crippen LogP contribution >= 0.6 is 0 Å². The summed E-state index contributed by atoms with van der Waals surface area (Å²) < 4.78 is 0. The van der Waals surface area contributed by atoms with Gasteiger partial charge in [0.25, 0.3) is 0 Å². The minimum Gasteiger partial charge on any atom is -0.361 e. The zero-order chi connectivity index (χ0) is 59.4. The lowest BCUT2D eigenvalue weighted by Crippen LogP contribution is -2.38. The van der Waals surface area contributed by atoms with Crippen molar-refractivity contribution in [2.75, 3.05) is 40.8 Å². The fraction of sp³-hybridized carbons (Fsp3) is 0.450. The van der Waals surface area contributed by atoms with E-state index in [4.69, 9.17) is 17.2 Å². The Labute approximate surface area is 473 Å². The Morgan fingerprint density at radius 3 is 0.877 bits per heavy atom. The zero-order valence-electron chi connectivity index (χ0n) is 47.6. The van der Waals surface area contributed by atoms with Crippen LogP contribution in [0.15, 0.2) is 91.4 Å². The van der Waals surface area contributed by atoms with Gasteiger partial charge in [0, 0.05) is 108 Å². The van der Waals surface area contributed by atoms with Crippen LogP contribution in [-0.4, -0.2) is 127 Å². The maximum atomic E-state index is 12.8. The van der Waals surface area contributed by atoms with E-state index in [0.717, 1.165) is 49.4 Å². The van der Waals surface area contributed by atoms with E-state index < -0.39 is 18.1 Å². The van der Waals surface area contributed by atoms with Crippen molar-refractivity contribution in [2.24, 2.45) is 35.0 Å². The first-order valence-corrected chi connectivity index (χ1v) is 27.6. The Morgan fingerprint density at radius 1 is 0.407 bits per heavy atom. The number of H-pyrrole nitrogens is 3. The number of aromatic nitrogens is 3. The van der Waals surface area contributed by atoms with Gasteiger partial charge in [-0.3, -0.25) is 28.8 Å². The van der Waals surface area contributed by atoms with Crippen LogP contribution in [-0.2, 0) is 48.0 Å². The van der Waals surface area contributed by atoms with Crippen molar-refractivity contribution in [3.63, 3.8) is 0 Å². The van der Waals surface area contributed by atoms with E-state index in [0.29, 0.717) is 77.4 Å². The molecule has 6 atom stereocenters. The molecule has 0 saturated heterocycles. The SMILES string of the molecule is CN[C@@H](Cc1c[nH]c2ccccc12)C(=O)C[C@H](CCCNC(N)=O)C(C)=O.CN[C@H](Cc1c[nH]c2ccccc12)C(=O)C[C@@H](CCCNC(N)=O)C(C)=O.CN[C@H](Cc1c[nH]c2ccccc12)C(=O)C[C@H](CCCNC(N)=O)C(C)=O. The third-order valence-electron chi connectivity index (χ3n) is 14.7. The van der Waals surface area contributed by atoms with Gasteiger partial charge in [0.1, 0.15) is 17.3 Å². The van der Waals surface area contributed by atoms with Gasteiger partial charge in [0.05, 0.1) is 18.1 Å². The molecule has 0 unspecified atom stereocenters. The average Bonchev–Trinajstić information content (AvgIpc) is 4.25. The minimum absolute atomic E-state index is 0.00984. The lowest BCUT2D eigenvalue weighted by Gasteiger charge is -2.19. The van der Waals surface area contributed by atoms with Crippen molar-refractivity contribution >= 4 is 85.5 Å². The molecule has 0 bridgehead atoms. The second-order valence-corrected chi connectivity index (χ2v) is 20.4. The number of hydrogen-bond acceptors (Lipinski definition) is 12. The first-order valence-electron chi connectivity index (χ1n) is 27.6. The summed E-state index contributed by atoms with van der Waals surface area (Å²) in [5, 5.41) is 20.1. The van der Waals surface area contributed by atoms with Crippen molar-refractivity contribution in [3.05, 3.63) is 108 Å². The molecule has 0 saturated carbocycles. The van der Waals surface area contributed by atoms with Gasteiger partial charge in [0.2, 0.25) is 0 Å². The monoisotopic (exact) mass is 1120 g/mol. The molecule has 0 spiro atoms. The molecule has 0 fully saturated rings. The summed E-state index contributed by atoms with van der Waals surface area (Å²) in [6, 6.07) is 21.1. The van der Waals surface area contributed by atoms with E-state index in [1.54, 1.807) is 21.1 Å². The number of urea groups is 3. The van der Waals surface area contributed by atoms with Gasteiger partial charge in [-0.25, -0.2) is 14.4 Å². The lowest BCUT2D eigenvalue weighted by molar-refractivity contribution is -0.128. The quantitative estimate of drug-likeness (QED) is 0.0220. The topological polar surface area (TPSA) is 351 Å². The Balaban J connectivity index is 0.000000261. The maximum absolute atomic E-state index is 12.8. The normalized spacial score (nSPS) is 13.3. The number of nitrogens with one attached hydrogen (secondary N) is 9. The summed E-state index contributed by atoms with van der Waals surface area (Å²) in [5.41, 5.74) is 21.4. The van der Waals surface area contributed by atoms with Crippen LogP contribution in [0, 0.1) is 17.8 Å². The van der Waals surface area contributed by atoms with Crippen molar-refractivity contribution in [1.82, 2.24) is 46.9 Å². The predicted octanol–water partition coefficient (Wildman–Crippen LogP) is 5.73. The Bertz CT molecular complexity index is 2720. The van der Waals surface area contributed by atoms with Crippen molar-refractivity contribution < 1.29 is 43.2 Å². The molecule has 0 aliphatic carbocycles. The van der Waals surface area contributed by atoms with Gasteiger partial charge in [-0.05, 0) is 135 Å². The Morgan fingerprint density at radius 2 is 0.654 bits per heavy atom. The highest BCUT2D eigenvalue weighted by atomic mass is 16.2. The Kier molecular flexibility index (Phi) is 27.7. The molecule has 438 valence electrons. The molecule has 6 amide bonds. The lowest BCUT2D eigenvalue weighted by atomic mass is 9.89. The molecular weight excluding hydrogens is 1030 g/mol. The molecule has 3 aromatic heterocycles. The summed E-state index contributed by atoms with van der Waals surface area (Å²) in [6.45, 7) is 5.73. The molecule has 3 aromatic carbocycles. The number of Topliss-reactive ketones (excluding diaryl/α,β-unsaturated/α-hetero) is 6. The van der Waals surface area contributed by atoms with Gasteiger partial charge in [0.15, 0.2) is 17.3 Å². The van der Waals surface area contributed by atoms with Crippen molar-refractivity contribution in [3.8, 4) is 0 Å². The molecule has 15 N–H and O–H groups in total. The number of ketones is 6. The molecule has 0 radical (unpaired) electrons. The van der Waals surface area contributed by atoms with E-state index in [-0.39, 0.29) is 89.8 Å². The molecule has 21 nitrogen and oxygen atoms in total. The number of aromatic amines is 3. The molecule has 21 heteroatoms. The standard InChI is InChI=1S/3C20H28N4O3/c3*1-13(25)14(6-5-9-23-20(21)27)11-19(26)18(22-2)10-15-12-24-17-8-4-3-7-16(15)17/h3*3-4,7-8,12,14,18,22,24H,5-6,9-11H2,1-2H3,(H3,21,23,27)/t14-,18+;2*14-,18-/m010/s1. The van der Waals surface area contributed by atoms with E-state index in [1.165, 1.54) is 20.8 Å². The van der Waals surface area contributed by atoms with Crippen LogP contribution in [0.1, 0.15) is 95.2 Å². The number of amides is 6. The zero-order valence-corrected chi connectivity index (χ0v) is 47.6. The third-order valence-corrected chi connectivity index (χ3v) is 14.7. The van der Waals surface area contributed by atoms with Crippen LogP contribution in [0.5, 0.6) is 0 Å². The number of rotatable bonds is 33. The highest BCUT2D eigenvalue weighted by Crippen LogP contribution is 2.24. The van der Waals surface area contributed by atoms with Crippen LogP contribution in [0.3, 0.4) is 0 Å². The van der Waals surface area contributed by atoms with Gasteiger partial charge < -0.3 is 64.1 Å². The van der Waals surface area contributed by atoms with Gasteiger partial charge in [-0.15, -0.1) is 0 Å². The van der Waals surface area contributed by atoms with Gasteiger partial charge >= 0.3 is 18.1 Å². The third kappa shape index (κ3) is 21.9. The van der Waals surface area contributed by atoms with Crippen LogP contribution in [0.4, 0.5) is 14.4 Å². The molecule has 0 aliphatic heterocycles. The number of carbonyl (C=O) groups is 9. The molecule has 6 rings (SSSR count). The van der Waals surface area contributed by atoms with Gasteiger partial charge in [-0.2, -0.15) is 0 Å². The summed E-state index contributed by atoms with van der Waals surface area (Å²) in [6.07, 6.45) is 11.5. The summed E-state index contributed by atoms with van der Waals surface area (Å²) in [7, 11) is 5.28. The fourth-order valence-corrected chi connectivity index (χ4v) is 9.87. The number of carbonyl (C=O) groups excluding carboxylic acids is 9. The molecule has 6 aromatic rings. The number of benzene rings is 3. The van der Waals surface area contributed by atoms with Crippen LogP contribution in [0.2, 0.25) is 0 Å². The van der Waals surface area contributed by atoms with E-state index >= 15 is 0 Å². The predicted molar refractivity (Wildman–Crippen MR) is 316 cm³/mol. The Hall–Kier alpha value is -8.01. The second kappa shape index (κ2) is 34.2. The average molecular weight is 1120 g/mol. The van der Waals surface area contributed by atoms with E-state index in [1.807, 2.05) is 91.4 Å². The molecule has 0 aliphatic rings. The fourth-order valence-electron chi connectivity index (χ4n) is 9.87. The number of para-hydroxylation sites is 3. The van der Waals surface area contributed by atoms with Crippen molar-refractivity contribution in [2.45, 2.75) is 116 Å². The first kappa shape index (κ1) is 65.5. The number of primary amides is 3. The molecular formula is C60H84N12O9. The highest BCUT2D eigenvalue weighted by molar-refractivity contribution is 5.93. The summed E-state index contributed by atoms with van der Waals surface area (Å²) >= 11 is 0. The number of nitrogens with two attached hydrogens (primary N) is 3. The van der Waals surface area contributed by atoms with Crippen molar-refractivity contribution in [1.29, 1.82) is 0 Å². The maximum Gasteiger partial charge on any atom is 0.312 e. The molecule has 81 heavy (non-hydrogen) atoms. The van der Waals surface area contributed by atoms with E-state index in [2.05, 4.69) is 46.9 Å². The summed E-state index contributed by atoms with van der Waals surface area (Å²) in [5.74, 6) is -0.997. The van der Waals surface area contributed by atoms with E-state index in [9.17, 15) is 43.2 Å². The first-order chi connectivity index (χ1) is 38.8. The highest BCUT2D eigenvalue weighted by Gasteiger charge is 2.27. The second-order valence-electron chi connectivity index (χ2n) is 20.4.